The van der Waals surface area contributed by atoms with Crippen molar-refractivity contribution in [3.63, 3.8) is 0 Å². The van der Waals surface area contributed by atoms with Gasteiger partial charge in [0.1, 0.15) is 0 Å². The van der Waals surface area contributed by atoms with Gasteiger partial charge in [0.25, 0.3) is 0 Å². The Morgan fingerprint density at radius 1 is 0.889 bits per heavy atom. The van der Waals surface area contributed by atoms with E-state index in [2.05, 4.69) is 41.5 Å². The molecule has 2 atom stereocenters. The van der Waals surface area contributed by atoms with Gasteiger partial charge in [-0.1, -0.05) is 48.0 Å². The minimum atomic E-state index is 0.354. The first-order valence-electron chi connectivity index (χ1n) is 7.72. The van der Waals surface area contributed by atoms with E-state index in [1.807, 2.05) is 0 Å². The van der Waals surface area contributed by atoms with E-state index in [9.17, 15) is 0 Å². The molecule has 1 saturated carbocycles. The quantitative estimate of drug-likeness (QED) is 0.595. The largest absolute Gasteiger partial charge is 0.381 e. The standard InChI is InChI=1S/C17H32O/c1-15(2,3)13-10-17(8-7-9-17)12-18-11-14(13)16(4,5)6/h13-14H,7-12H2,1-6H3. The lowest BCUT2D eigenvalue weighted by atomic mass is 9.56. The number of ether oxygens (including phenoxy) is 1. The molecule has 1 aliphatic carbocycles. The van der Waals surface area contributed by atoms with Gasteiger partial charge in [-0.15, -0.1) is 0 Å². The number of hydrogen-bond acceptors (Lipinski definition) is 1. The summed E-state index contributed by atoms with van der Waals surface area (Å²) in [5.74, 6) is 1.48. The van der Waals surface area contributed by atoms with Crippen molar-refractivity contribution < 1.29 is 4.74 Å². The highest BCUT2D eigenvalue weighted by molar-refractivity contribution is 4.97. The Morgan fingerprint density at radius 3 is 1.83 bits per heavy atom. The summed E-state index contributed by atoms with van der Waals surface area (Å²) in [4.78, 5) is 0. The summed E-state index contributed by atoms with van der Waals surface area (Å²) in [6, 6.07) is 0. The Bertz CT molecular complexity index is 288. The van der Waals surface area contributed by atoms with E-state index < -0.39 is 0 Å². The molecule has 1 saturated heterocycles. The van der Waals surface area contributed by atoms with Crippen LogP contribution in [0.4, 0.5) is 0 Å². The van der Waals surface area contributed by atoms with Crippen molar-refractivity contribution in [2.75, 3.05) is 13.2 Å². The zero-order chi connectivity index (χ0) is 13.6. The van der Waals surface area contributed by atoms with Crippen LogP contribution in [0.25, 0.3) is 0 Å². The molecule has 1 nitrogen and oxygen atoms in total. The van der Waals surface area contributed by atoms with E-state index in [0.29, 0.717) is 22.2 Å². The topological polar surface area (TPSA) is 9.23 Å². The van der Waals surface area contributed by atoms with Crippen LogP contribution in [-0.4, -0.2) is 13.2 Å². The van der Waals surface area contributed by atoms with Gasteiger partial charge >= 0.3 is 0 Å². The predicted molar refractivity (Wildman–Crippen MR) is 77.6 cm³/mol. The highest BCUT2D eigenvalue weighted by Crippen LogP contribution is 2.55. The molecular formula is C17H32O. The second-order valence-corrected chi connectivity index (χ2v) is 9.02. The fourth-order valence-corrected chi connectivity index (χ4v) is 3.97. The van der Waals surface area contributed by atoms with Crippen LogP contribution in [0.5, 0.6) is 0 Å². The van der Waals surface area contributed by atoms with Gasteiger partial charge in [-0.05, 0) is 47.3 Å². The third kappa shape index (κ3) is 2.76. The molecule has 2 unspecified atom stereocenters. The minimum Gasteiger partial charge on any atom is -0.381 e. The predicted octanol–water partition coefficient (Wildman–Crippen LogP) is 4.90. The molecular weight excluding hydrogens is 220 g/mol. The van der Waals surface area contributed by atoms with Crippen LogP contribution in [0.2, 0.25) is 0 Å². The molecule has 1 heterocycles. The highest BCUT2D eigenvalue weighted by Gasteiger charge is 2.48. The molecule has 0 radical (unpaired) electrons. The monoisotopic (exact) mass is 252 g/mol. The fraction of sp³-hybridized carbons (Fsp3) is 1.00. The molecule has 0 aromatic heterocycles. The Morgan fingerprint density at radius 2 is 1.44 bits per heavy atom. The van der Waals surface area contributed by atoms with Crippen molar-refractivity contribution in [3.8, 4) is 0 Å². The summed E-state index contributed by atoms with van der Waals surface area (Å²) in [5.41, 5.74) is 1.29. The summed E-state index contributed by atoms with van der Waals surface area (Å²) in [6.07, 6.45) is 5.60. The van der Waals surface area contributed by atoms with Crippen molar-refractivity contribution in [1.82, 2.24) is 0 Å². The number of rotatable bonds is 0. The lowest BCUT2D eigenvalue weighted by molar-refractivity contribution is -0.00314. The Kier molecular flexibility index (Phi) is 3.60. The first-order valence-corrected chi connectivity index (χ1v) is 7.72. The third-order valence-corrected chi connectivity index (χ3v) is 5.48. The molecule has 2 rings (SSSR count). The zero-order valence-corrected chi connectivity index (χ0v) is 13.3. The van der Waals surface area contributed by atoms with Crippen LogP contribution in [0.3, 0.4) is 0 Å². The van der Waals surface area contributed by atoms with Crippen molar-refractivity contribution in [2.24, 2.45) is 28.1 Å². The molecule has 2 aliphatic rings. The molecule has 0 amide bonds. The van der Waals surface area contributed by atoms with Gasteiger partial charge in [0.05, 0.1) is 13.2 Å². The van der Waals surface area contributed by atoms with E-state index in [1.54, 1.807) is 0 Å². The van der Waals surface area contributed by atoms with Gasteiger partial charge in [-0.2, -0.15) is 0 Å². The fourth-order valence-electron chi connectivity index (χ4n) is 3.97. The van der Waals surface area contributed by atoms with Gasteiger partial charge in [-0.3, -0.25) is 0 Å². The molecule has 1 aliphatic heterocycles. The van der Waals surface area contributed by atoms with Gasteiger partial charge in [0.2, 0.25) is 0 Å². The molecule has 18 heavy (non-hydrogen) atoms. The first-order chi connectivity index (χ1) is 8.14. The lowest BCUT2D eigenvalue weighted by Crippen LogP contribution is -2.41. The van der Waals surface area contributed by atoms with Gasteiger partial charge in [0.15, 0.2) is 0 Å². The van der Waals surface area contributed by atoms with Gasteiger partial charge < -0.3 is 4.74 Å². The lowest BCUT2D eigenvalue weighted by Gasteiger charge is -2.48. The van der Waals surface area contributed by atoms with Crippen molar-refractivity contribution in [1.29, 1.82) is 0 Å². The molecule has 0 N–H and O–H groups in total. The van der Waals surface area contributed by atoms with Crippen molar-refractivity contribution >= 4 is 0 Å². The Hall–Kier alpha value is -0.0400. The van der Waals surface area contributed by atoms with Crippen LogP contribution >= 0.6 is 0 Å². The average Bonchev–Trinajstić information content (AvgIpc) is 2.33. The minimum absolute atomic E-state index is 0.354. The summed E-state index contributed by atoms with van der Waals surface area (Å²) in [6.45, 7) is 16.4. The third-order valence-electron chi connectivity index (χ3n) is 5.48. The summed E-state index contributed by atoms with van der Waals surface area (Å²) in [5, 5.41) is 0. The van der Waals surface area contributed by atoms with Crippen molar-refractivity contribution in [2.45, 2.75) is 67.2 Å². The van der Waals surface area contributed by atoms with Crippen molar-refractivity contribution in [3.05, 3.63) is 0 Å². The smallest absolute Gasteiger partial charge is 0.0522 e. The maximum absolute atomic E-state index is 6.12. The van der Waals surface area contributed by atoms with Crippen LogP contribution in [0.15, 0.2) is 0 Å². The van der Waals surface area contributed by atoms with Gasteiger partial charge in [0, 0.05) is 0 Å². The molecule has 2 fully saturated rings. The maximum atomic E-state index is 6.12. The van der Waals surface area contributed by atoms with E-state index in [0.717, 1.165) is 19.1 Å². The van der Waals surface area contributed by atoms with E-state index >= 15 is 0 Å². The summed E-state index contributed by atoms with van der Waals surface area (Å²) >= 11 is 0. The maximum Gasteiger partial charge on any atom is 0.0522 e. The van der Waals surface area contributed by atoms with E-state index in [1.165, 1.54) is 25.7 Å². The molecule has 0 aromatic carbocycles. The SMILES string of the molecule is CC(C)(C)C1COCC2(CCC2)CC1C(C)(C)C. The molecule has 1 heteroatoms. The Balaban J connectivity index is 2.24. The summed E-state index contributed by atoms with van der Waals surface area (Å²) in [7, 11) is 0. The molecule has 0 aromatic rings. The molecule has 1 spiro atoms. The van der Waals surface area contributed by atoms with Crippen LogP contribution in [-0.2, 0) is 4.74 Å². The molecule has 106 valence electrons. The summed E-state index contributed by atoms with van der Waals surface area (Å²) < 4.78 is 6.12. The molecule has 0 bridgehead atoms. The van der Waals surface area contributed by atoms with E-state index in [-0.39, 0.29) is 0 Å². The number of hydrogen-bond donors (Lipinski definition) is 0. The normalized spacial score (nSPS) is 33.0. The highest BCUT2D eigenvalue weighted by atomic mass is 16.5. The Labute approximate surface area is 114 Å². The van der Waals surface area contributed by atoms with Crippen LogP contribution in [0, 0.1) is 28.1 Å². The van der Waals surface area contributed by atoms with Crippen LogP contribution in [0.1, 0.15) is 67.2 Å². The van der Waals surface area contributed by atoms with Gasteiger partial charge in [-0.25, -0.2) is 0 Å². The second kappa shape index (κ2) is 4.51. The second-order valence-electron chi connectivity index (χ2n) is 9.02. The van der Waals surface area contributed by atoms with E-state index in [4.69, 9.17) is 4.74 Å². The van der Waals surface area contributed by atoms with Crippen LogP contribution < -0.4 is 0 Å². The first kappa shape index (κ1) is 14.4. The average molecular weight is 252 g/mol. The zero-order valence-electron chi connectivity index (χ0n) is 13.3.